The van der Waals surface area contributed by atoms with Gasteiger partial charge in [0, 0.05) is 11.1 Å². The number of phenolic OH excluding ortho intramolecular Hbond substituents is 1. The lowest BCUT2D eigenvalue weighted by Gasteiger charge is -2.20. The van der Waals surface area contributed by atoms with Gasteiger partial charge in [-0.3, -0.25) is 14.9 Å². The lowest BCUT2D eigenvalue weighted by atomic mass is 9.95. The Balaban J connectivity index is 1.63. The number of phenols is 1. The average molecular weight is 459 g/mol. The van der Waals surface area contributed by atoms with E-state index in [4.69, 9.17) is 9.47 Å². The van der Waals surface area contributed by atoms with E-state index in [0.717, 1.165) is 17.5 Å². The van der Waals surface area contributed by atoms with Gasteiger partial charge in [-0.15, -0.1) is 0 Å². The van der Waals surface area contributed by atoms with Gasteiger partial charge in [-0.2, -0.15) is 0 Å². The van der Waals surface area contributed by atoms with Crippen molar-refractivity contribution in [3.8, 4) is 17.2 Å². The molecule has 1 heterocycles. The number of alkyl carbamates (subject to hydrolysis) is 1. The van der Waals surface area contributed by atoms with Crippen molar-refractivity contribution in [3.63, 3.8) is 0 Å². The van der Waals surface area contributed by atoms with Crippen LogP contribution in [0.25, 0.3) is 0 Å². The molecule has 7 heteroatoms. The number of ketones is 1. The monoisotopic (exact) mass is 459 g/mol. The minimum absolute atomic E-state index is 0.0515. The molecule has 0 spiro atoms. The van der Waals surface area contributed by atoms with E-state index in [1.807, 2.05) is 13.8 Å². The van der Waals surface area contributed by atoms with Gasteiger partial charge in [0.25, 0.3) is 5.91 Å². The summed E-state index contributed by atoms with van der Waals surface area (Å²) in [6.45, 7) is 5.40. The van der Waals surface area contributed by atoms with Crippen LogP contribution in [0.4, 0.5) is 4.79 Å². The highest BCUT2D eigenvalue weighted by molar-refractivity contribution is 6.10. The second kappa shape index (κ2) is 9.02. The summed E-state index contributed by atoms with van der Waals surface area (Å²) < 4.78 is 11.3. The predicted molar refractivity (Wildman–Crippen MR) is 125 cm³/mol. The minimum Gasteiger partial charge on any atom is -0.507 e. The molecule has 4 rings (SSSR count). The molecular weight excluding hydrogens is 434 g/mol. The number of aromatic hydroxyl groups is 1. The molecule has 1 saturated heterocycles. The number of cyclic esters (lactones) is 1. The second-order valence-corrected chi connectivity index (χ2v) is 8.43. The summed E-state index contributed by atoms with van der Waals surface area (Å²) >= 11 is 0. The highest BCUT2D eigenvalue weighted by atomic mass is 16.6. The predicted octanol–water partition coefficient (Wildman–Crippen LogP) is 5.16. The van der Waals surface area contributed by atoms with E-state index in [-0.39, 0.29) is 17.1 Å². The number of imide groups is 1. The number of carbonyl (C=O) groups is 3. The summed E-state index contributed by atoms with van der Waals surface area (Å²) in [5.41, 5.74) is 1.44. The van der Waals surface area contributed by atoms with E-state index in [2.05, 4.69) is 5.32 Å². The van der Waals surface area contributed by atoms with Crippen molar-refractivity contribution in [2.45, 2.75) is 39.2 Å². The van der Waals surface area contributed by atoms with Crippen molar-refractivity contribution >= 4 is 17.8 Å². The summed E-state index contributed by atoms with van der Waals surface area (Å²) in [7, 11) is 0. The van der Waals surface area contributed by atoms with Crippen molar-refractivity contribution in [2.24, 2.45) is 0 Å². The summed E-state index contributed by atoms with van der Waals surface area (Å²) in [6, 6.07) is 16.9. The van der Waals surface area contributed by atoms with Crippen LogP contribution in [0.5, 0.6) is 17.2 Å². The van der Waals surface area contributed by atoms with Crippen LogP contribution in [0.1, 0.15) is 52.9 Å². The summed E-state index contributed by atoms with van der Waals surface area (Å²) in [4.78, 5) is 36.8. The molecule has 1 atom stereocenters. The van der Waals surface area contributed by atoms with Gasteiger partial charge in [0.1, 0.15) is 17.2 Å². The summed E-state index contributed by atoms with van der Waals surface area (Å²) in [5.74, 6) is 0.169. The normalized spacial score (nSPS) is 17.3. The Kier molecular flexibility index (Phi) is 6.11. The number of carbonyl (C=O) groups excluding carboxylic acids is 3. The average Bonchev–Trinajstić information content (AvgIpc) is 3.07. The van der Waals surface area contributed by atoms with Gasteiger partial charge < -0.3 is 14.6 Å². The zero-order chi connectivity index (χ0) is 24.5. The second-order valence-electron chi connectivity index (χ2n) is 8.43. The maximum atomic E-state index is 13.0. The van der Waals surface area contributed by atoms with E-state index < -0.39 is 17.6 Å². The van der Waals surface area contributed by atoms with E-state index in [1.165, 1.54) is 6.92 Å². The first-order chi connectivity index (χ1) is 16.2. The largest absolute Gasteiger partial charge is 0.507 e. The smallest absolute Gasteiger partial charge is 0.415 e. The van der Waals surface area contributed by atoms with Gasteiger partial charge in [-0.05, 0) is 73.9 Å². The molecule has 3 aromatic carbocycles. The quantitative estimate of drug-likeness (QED) is 0.473. The van der Waals surface area contributed by atoms with E-state index in [0.29, 0.717) is 29.0 Å². The summed E-state index contributed by atoms with van der Waals surface area (Å²) in [5, 5.41) is 12.4. The number of rotatable bonds is 7. The van der Waals surface area contributed by atoms with E-state index >= 15 is 0 Å². The molecule has 174 valence electrons. The molecular formula is C27H25NO6. The SMILES string of the molecule is CCCc1cc(C(=O)c2ccc(C)cc2O)ccc1Oc1cccc([C@@]2(C)OC(=O)NC2=O)c1. The minimum atomic E-state index is -1.44. The Hall–Kier alpha value is -4.13. The molecule has 1 aliphatic heterocycles. The molecule has 34 heavy (non-hydrogen) atoms. The highest BCUT2D eigenvalue weighted by Crippen LogP contribution is 2.34. The third kappa shape index (κ3) is 4.37. The fourth-order valence-corrected chi connectivity index (χ4v) is 3.92. The first-order valence-corrected chi connectivity index (χ1v) is 11.0. The molecule has 3 aromatic rings. The Bertz CT molecular complexity index is 1300. The van der Waals surface area contributed by atoms with E-state index in [1.54, 1.807) is 60.7 Å². The molecule has 2 N–H and O–H groups in total. The maximum Gasteiger partial charge on any atom is 0.415 e. The van der Waals surface area contributed by atoms with Crippen molar-refractivity contribution in [2.75, 3.05) is 0 Å². The molecule has 1 fully saturated rings. The zero-order valence-electron chi connectivity index (χ0n) is 19.2. The third-order valence-corrected chi connectivity index (χ3v) is 5.80. The molecule has 0 radical (unpaired) electrons. The first-order valence-electron chi connectivity index (χ1n) is 11.0. The summed E-state index contributed by atoms with van der Waals surface area (Å²) in [6.07, 6.45) is 0.718. The van der Waals surface area contributed by atoms with Gasteiger partial charge in [-0.1, -0.05) is 31.5 Å². The van der Waals surface area contributed by atoms with Crippen LogP contribution >= 0.6 is 0 Å². The fourth-order valence-electron chi connectivity index (χ4n) is 3.92. The first kappa shape index (κ1) is 23.0. The zero-order valence-corrected chi connectivity index (χ0v) is 19.2. The van der Waals surface area contributed by atoms with Gasteiger partial charge in [0.2, 0.25) is 5.60 Å². The maximum absolute atomic E-state index is 13.0. The standard InChI is InChI=1S/C27H25NO6/c1-4-6-17-14-18(24(30)21-11-9-16(2)13-22(21)29)10-12-23(17)33-20-8-5-7-19(15-20)27(3)25(31)28-26(32)34-27/h5,7-15,29H,4,6H2,1-3H3,(H,28,31,32)/t27-/m1/s1. The van der Waals surface area contributed by atoms with Crippen LogP contribution in [0.2, 0.25) is 0 Å². The van der Waals surface area contributed by atoms with Gasteiger partial charge in [-0.25, -0.2) is 4.79 Å². The number of hydrogen-bond donors (Lipinski definition) is 2. The lowest BCUT2D eigenvalue weighted by Crippen LogP contribution is -2.33. The number of hydrogen-bond acceptors (Lipinski definition) is 6. The molecule has 0 unspecified atom stereocenters. The lowest BCUT2D eigenvalue weighted by molar-refractivity contribution is -0.130. The Morgan fingerprint density at radius 1 is 1.09 bits per heavy atom. The number of ether oxygens (including phenoxy) is 2. The molecule has 1 aliphatic rings. The number of benzene rings is 3. The molecule has 0 saturated carbocycles. The van der Waals surface area contributed by atoms with Crippen LogP contribution in [0.3, 0.4) is 0 Å². The van der Waals surface area contributed by atoms with Gasteiger partial charge >= 0.3 is 6.09 Å². The molecule has 0 bridgehead atoms. The number of nitrogens with one attached hydrogen (secondary N) is 1. The van der Waals surface area contributed by atoms with Crippen LogP contribution in [-0.4, -0.2) is 22.9 Å². The van der Waals surface area contributed by atoms with Crippen molar-refractivity contribution < 1.29 is 29.0 Å². The fraction of sp³-hybridized carbons (Fsp3) is 0.222. The van der Waals surface area contributed by atoms with Crippen molar-refractivity contribution in [1.29, 1.82) is 0 Å². The topological polar surface area (TPSA) is 102 Å². The Labute approximate surface area is 197 Å². The van der Waals surface area contributed by atoms with Crippen LogP contribution < -0.4 is 10.1 Å². The molecule has 2 amide bonds. The van der Waals surface area contributed by atoms with Gasteiger partial charge in [0.15, 0.2) is 5.78 Å². The van der Waals surface area contributed by atoms with Crippen LogP contribution in [0.15, 0.2) is 60.7 Å². The van der Waals surface area contributed by atoms with Gasteiger partial charge in [0.05, 0.1) is 5.56 Å². The molecule has 0 aliphatic carbocycles. The Morgan fingerprint density at radius 2 is 1.88 bits per heavy atom. The highest BCUT2D eigenvalue weighted by Gasteiger charge is 2.46. The molecule has 7 nitrogen and oxygen atoms in total. The third-order valence-electron chi connectivity index (χ3n) is 5.80. The molecule has 0 aromatic heterocycles. The number of aryl methyl sites for hydroxylation is 2. The number of amides is 2. The van der Waals surface area contributed by atoms with Crippen molar-refractivity contribution in [1.82, 2.24) is 5.32 Å². The van der Waals surface area contributed by atoms with Crippen molar-refractivity contribution in [3.05, 3.63) is 88.5 Å². The van der Waals surface area contributed by atoms with Crippen LogP contribution in [0, 0.1) is 6.92 Å². The van der Waals surface area contributed by atoms with Crippen LogP contribution in [-0.2, 0) is 21.6 Å². The van der Waals surface area contributed by atoms with E-state index in [9.17, 15) is 19.5 Å². The Morgan fingerprint density at radius 3 is 2.56 bits per heavy atom.